The number of rotatable bonds is 2. The van der Waals surface area contributed by atoms with E-state index in [4.69, 9.17) is 5.21 Å². The first-order valence-electron chi connectivity index (χ1n) is 6.45. The van der Waals surface area contributed by atoms with Gasteiger partial charge in [-0.2, -0.15) is 26.3 Å². The zero-order valence-electron chi connectivity index (χ0n) is 11.8. The van der Waals surface area contributed by atoms with Crippen LogP contribution in [0.1, 0.15) is 16.7 Å². The van der Waals surface area contributed by atoms with Crippen LogP contribution in [0, 0.1) is 0 Å². The zero-order chi connectivity index (χ0) is 18.0. The summed E-state index contributed by atoms with van der Waals surface area (Å²) in [5, 5.41) is 9.08. The minimum Gasteiger partial charge on any atom is -0.290 e. The molecule has 0 saturated carbocycles. The third-order valence-electron chi connectivity index (χ3n) is 2.98. The van der Waals surface area contributed by atoms with E-state index in [2.05, 4.69) is 4.99 Å². The molecule has 0 aliphatic rings. The van der Waals surface area contributed by atoms with Crippen LogP contribution >= 0.6 is 0 Å². The molecule has 0 fully saturated rings. The van der Waals surface area contributed by atoms with Crippen molar-refractivity contribution in [3.05, 3.63) is 65.2 Å². The lowest BCUT2D eigenvalue weighted by atomic mass is 10.1. The second-order valence-corrected chi connectivity index (χ2v) is 4.70. The Morgan fingerprint density at radius 3 is 1.92 bits per heavy atom. The summed E-state index contributed by atoms with van der Waals surface area (Å²) in [7, 11) is 0. The maximum atomic E-state index is 12.7. The lowest BCUT2D eigenvalue weighted by molar-refractivity contribution is -0.138. The second-order valence-electron chi connectivity index (χ2n) is 4.70. The van der Waals surface area contributed by atoms with Gasteiger partial charge in [0.1, 0.15) is 0 Å². The number of aliphatic imine (C=N–C) groups is 1. The minimum absolute atomic E-state index is 0.135. The standard InChI is InChI=1S/C15H10F6N2O/c16-14(17,18)10-4-1-3-9(7-10)13(23-24)22-12-6-2-5-11(8-12)15(19,20)21/h1-8,24H,(H,22,23). The molecule has 0 aromatic heterocycles. The number of benzene rings is 2. The molecule has 2 rings (SSSR count). The zero-order valence-corrected chi connectivity index (χ0v) is 11.8. The lowest BCUT2D eigenvalue weighted by Gasteiger charge is -2.11. The first-order valence-corrected chi connectivity index (χ1v) is 6.45. The highest BCUT2D eigenvalue weighted by molar-refractivity contribution is 5.99. The van der Waals surface area contributed by atoms with E-state index in [9.17, 15) is 26.3 Å². The Labute approximate surface area is 132 Å². The Balaban J connectivity index is 2.44. The van der Waals surface area contributed by atoms with Gasteiger partial charge in [-0.3, -0.25) is 10.7 Å². The van der Waals surface area contributed by atoms with Crippen molar-refractivity contribution in [3.63, 3.8) is 0 Å². The number of alkyl halides is 6. The minimum atomic E-state index is -4.60. The van der Waals surface area contributed by atoms with Crippen LogP contribution in [0.5, 0.6) is 0 Å². The van der Waals surface area contributed by atoms with Crippen LogP contribution in [0.15, 0.2) is 53.5 Å². The summed E-state index contributed by atoms with van der Waals surface area (Å²) in [5.41, 5.74) is -0.658. The van der Waals surface area contributed by atoms with Crippen molar-refractivity contribution in [2.75, 3.05) is 0 Å². The van der Waals surface area contributed by atoms with Gasteiger partial charge in [-0.15, -0.1) is 0 Å². The molecule has 3 nitrogen and oxygen atoms in total. The van der Waals surface area contributed by atoms with Crippen molar-refractivity contribution in [2.45, 2.75) is 12.4 Å². The molecule has 0 aliphatic carbocycles. The summed E-state index contributed by atoms with van der Waals surface area (Å²) in [4.78, 5) is 3.73. The van der Waals surface area contributed by atoms with Crippen LogP contribution in [0.3, 0.4) is 0 Å². The van der Waals surface area contributed by atoms with E-state index < -0.39 is 29.3 Å². The molecule has 0 saturated heterocycles. The summed E-state index contributed by atoms with van der Waals surface area (Å²) < 4.78 is 76.1. The molecule has 2 aromatic carbocycles. The molecule has 9 heteroatoms. The Morgan fingerprint density at radius 2 is 1.38 bits per heavy atom. The quantitative estimate of drug-likeness (QED) is 0.355. The van der Waals surface area contributed by atoms with E-state index in [0.29, 0.717) is 6.07 Å². The fraction of sp³-hybridized carbons (Fsp3) is 0.133. The second kappa shape index (κ2) is 6.52. The fourth-order valence-corrected chi connectivity index (χ4v) is 1.88. The smallest absolute Gasteiger partial charge is 0.290 e. The molecule has 24 heavy (non-hydrogen) atoms. The number of hydrogen-bond acceptors (Lipinski definition) is 2. The van der Waals surface area contributed by atoms with Crippen molar-refractivity contribution in [1.29, 1.82) is 0 Å². The molecule has 0 aliphatic heterocycles. The molecular weight excluding hydrogens is 338 g/mol. The van der Waals surface area contributed by atoms with Crippen LogP contribution in [-0.4, -0.2) is 11.0 Å². The van der Waals surface area contributed by atoms with Gasteiger partial charge in [0, 0.05) is 5.56 Å². The van der Waals surface area contributed by atoms with E-state index in [0.717, 1.165) is 30.3 Å². The number of amidine groups is 1. The summed E-state index contributed by atoms with van der Waals surface area (Å²) in [5.74, 6) is -0.416. The third kappa shape index (κ3) is 4.25. The molecule has 0 heterocycles. The summed E-state index contributed by atoms with van der Waals surface area (Å²) in [6.45, 7) is 0. The van der Waals surface area contributed by atoms with Crippen LogP contribution in [0.2, 0.25) is 0 Å². The Morgan fingerprint density at radius 1 is 0.833 bits per heavy atom. The van der Waals surface area contributed by atoms with Crippen LogP contribution in [0.4, 0.5) is 32.0 Å². The molecule has 0 amide bonds. The highest BCUT2D eigenvalue weighted by atomic mass is 19.4. The molecule has 128 valence electrons. The predicted octanol–water partition coefficient (Wildman–Crippen LogP) is 4.78. The summed E-state index contributed by atoms with van der Waals surface area (Å²) in [6, 6.07) is 7.73. The largest absolute Gasteiger partial charge is 0.416 e. The Bertz CT molecular complexity index is 752. The highest BCUT2D eigenvalue weighted by Crippen LogP contribution is 2.32. The topological polar surface area (TPSA) is 44.6 Å². The maximum absolute atomic E-state index is 12.7. The van der Waals surface area contributed by atoms with E-state index in [1.165, 1.54) is 12.1 Å². The first-order chi connectivity index (χ1) is 11.1. The molecule has 0 unspecified atom stereocenters. The molecular formula is C15H10F6N2O. The van der Waals surface area contributed by atoms with Gasteiger partial charge in [0.15, 0.2) is 5.84 Å². The normalized spacial score (nSPS) is 13.0. The summed E-state index contributed by atoms with van der Waals surface area (Å²) >= 11 is 0. The molecule has 0 atom stereocenters. The third-order valence-corrected chi connectivity index (χ3v) is 2.98. The van der Waals surface area contributed by atoms with Gasteiger partial charge in [0.25, 0.3) is 0 Å². The molecule has 0 spiro atoms. The number of hydrogen-bond donors (Lipinski definition) is 2. The van der Waals surface area contributed by atoms with E-state index in [1.54, 1.807) is 5.48 Å². The van der Waals surface area contributed by atoms with Gasteiger partial charge in [0.05, 0.1) is 16.8 Å². The molecule has 0 bridgehead atoms. The van der Waals surface area contributed by atoms with Crippen LogP contribution in [0.25, 0.3) is 0 Å². The Kier molecular flexibility index (Phi) is 4.83. The first kappa shape index (κ1) is 17.8. The van der Waals surface area contributed by atoms with Crippen molar-refractivity contribution in [3.8, 4) is 0 Å². The number of nitrogens with zero attached hydrogens (tertiary/aromatic N) is 1. The van der Waals surface area contributed by atoms with E-state index in [-0.39, 0.29) is 11.3 Å². The van der Waals surface area contributed by atoms with Crippen molar-refractivity contribution in [1.82, 2.24) is 5.48 Å². The fourth-order valence-electron chi connectivity index (χ4n) is 1.88. The van der Waals surface area contributed by atoms with Gasteiger partial charge in [0.2, 0.25) is 0 Å². The van der Waals surface area contributed by atoms with Gasteiger partial charge in [-0.05, 0) is 30.3 Å². The average molecular weight is 348 g/mol. The molecule has 0 radical (unpaired) electrons. The highest BCUT2D eigenvalue weighted by Gasteiger charge is 2.31. The predicted molar refractivity (Wildman–Crippen MR) is 74.0 cm³/mol. The van der Waals surface area contributed by atoms with Crippen LogP contribution in [-0.2, 0) is 12.4 Å². The SMILES string of the molecule is ONC(=Nc1cccc(C(F)(F)F)c1)c1cccc(C(F)(F)F)c1. The van der Waals surface area contributed by atoms with E-state index in [1.807, 2.05) is 0 Å². The van der Waals surface area contributed by atoms with Crippen molar-refractivity contribution >= 4 is 11.5 Å². The molecule has 2 N–H and O–H groups in total. The maximum Gasteiger partial charge on any atom is 0.416 e. The summed E-state index contributed by atoms with van der Waals surface area (Å²) in [6.07, 6.45) is -9.19. The number of hydroxylamine groups is 1. The molecule has 2 aromatic rings. The van der Waals surface area contributed by atoms with Crippen molar-refractivity contribution in [2.24, 2.45) is 4.99 Å². The van der Waals surface area contributed by atoms with E-state index >= 15 is 0 Å². The number of nitrogens with one attached hydrogen (secondary N) is 1. The lowest BCUT2D eigenvalue weighted by Crippen LogP contribution is -2.20. The number of halogens is 6. The van der Waals surface area contributed by atoms with Gasteiger partial charge < -0.3 is 0 Å². The van der Waals surface area contributed by atoms with Crippen molar-refractivity contribution < 1.29 is 31.5 Å². The van der Waals surface area contributed by atoms with Gasteiger partial charge >= 0.3 is 12.4 Å². The Hall–Kier alpha value is -2.55. The monoisotopic (exact) mass is 348 g/mol. The van der Waals surface area contributed by atoms with Gasteiger partial charge in [-0.25, -0.2) is 4.99 Å². The average Bonchev–Trinajstić information content (AvgIpc) is 2.51. The van der Waals surface area contributed by atoms with Gasteiger partial charge in [-0.1, -0.05) is 18.2 Å². The van der Waals surface area contributed by atoms with Crippen LogP contribution < -0.4 is 5.48 Å².